The minimum atomic E-state index is -0.836. The third-order valence-corrected chi connectivity index (χ3v) is 7.57. The molecule has 0 radical (unpaired) electrons. The van der Waals surface area contributed by atoms with Gasteiger partial charge in [0.05, 0.1) is 22.3 Å². The minimum Gasteiger partial charge on any atom is -0.423 e. The van der Waals surface area contributed by atoms with Crippen molar-refractivity contribution in [1.82, 2.24) is 10.0 Å². The number of ether oxygens (including phenoxy) is 1. The number of hydrazine groups is 1. The van der Waals surface area contributed by atoms with Gasteiger partial charge < -0.3 is 4.74 Å². The zero-order valence-corrected chi connectivity index (χ0v) is 23.4. The maximum atomic E-state index is 13.7. The lowest BCUT2D eigenvalue weighted by Gasteiger charge is -2.30. The number of carbonyl (C=O) groups is 5. The fraction of sp³-hybridized carbons (Fsp3) is 0.219. The second-order valence-corrected chi connectivity index (χ2v) is 10.6. The van der Waals surface area contributed by atoms with Crippen LogP contribution in [0, 0.1) is 28.9 Å². The summed E-state index contributed by atoms with van der Waals surface area (Å²) in [5.74, 6) is -4.27. The van der Waals surface area contributed by atoms with Crippen LogP contribution >= 0.6 is 0 Å². The van der Waals surface area contributed by atoms with E-state index in [1.165, 1.54) is 36.4 Å². The SMILES string of the molecule is CC1=CC[C@H]2C(=O)N(N(CC(=O)c3ccc(OC(=O)c4ccc(C)cc4)cc3)C(=O)c3ccc([N+](=O)[O-])cc3)C(=O)[C@@H]2C1. The molecule has 218 valence electrons. The summed E-state index contributed by atoms with van der Waals surface area (Å²) in [6, 6.07) is 17.2. The topological polar surface area (TPSA) is 144 Å². The van der Waals surface area contributed by atoms with E-state index in [0.717, 1.165) is 33.3 Å². The molecule has 1 aliphatic carbocycles. The van der Waals surface area contributed by atoms with Crippen LogP contribution in [0.4, 0.5) is 5.69 Å². The minimum absolute atomic E-state index is 0.0402. The molecule has 1 fully saturated rings. The normalized spacial score (nSPS) is 17.6. The van der Waals surface area contributed by atoms with Crippen molar-refractivity contribution < 1.29 is 33.6 Å². The number of hydrogen-bond acceptors (Lipinski definition) is 8. The van der Waals surface area contributed by atoms with Gasteiger partial charge in [-0.25, -0.2) is 9.80 Å². The highest BCUT2D eigenvalue weighted by Crippen LogP contribution is 2.38. The number of benzene rings is 3. The fourth-order valence-electron chi connectivity index (χ4n) is 5.16. The summed E-state index contributed by atoms with van der Waals surface area (Å²) in [7, 11) is 0. The highest BCUT2D eigenvalue weighted by molar-refractivity contribution is 6.10. The van der Waals surface area contributed by atoms with Gasteiger partial charge in [-0.05, 0) is 75.2 Å². The van der Waals surface area contributed by atoms with E-state index < -0.39 is 52.8 Å². The van der Waals surface area contributed by atoms with Gasteiger partial charge in [-0.3, -0.25) is 29.3 Å². The second kappa shape index (κ2) is 11.8. The molecule has 3 amide bonds. The third kappa shape index (κ3) is 5.96. The molecule has 0 bridgehead atoms. The Morgan fingerprint density at radius 3 is 2.07 bits per heavy atom. The number of nitrogens with zero attached hydrogens (tertiary/aromatic N) is 3. The maximum Gasteiger partial charge on any atom is 0.343 e. The van der Waals surface area contributed by atoms with Crippen LogP contribution in [0.25, 0.3) is 0 Å². The molecule has 3 aromatic rings. The number of nitro groups is 1. The van der Waals surface area contributed by atoms with Gasteiger partial charge in [-0.2, -0.15) is 5.01 Å². The first-order valence-corrected chi connectivity index (χ1v) is 13.5. The Bertz CT molecular complexity index is 1660. The van der Waals surface area contributed by atoms with Crippen LogP contribution in [0.5, 0.6) is 5.75 Å². The predicted molar refractivity (Wildman–Crippen MR) is 153 cm³/mol. The second-order valence-electron chi connectivity index (χ2n) is 10.6. The molecular formula is C32H27N3O8. The molecule has 2 aliphatic rings. The lowest BCUT2D eigenvalue weighted by atomic mass is 9.82. The van der Waals surface area contributed by atoms with E-state index in [-0.39, 0.29) is 22.6 Å². The molecule has 0 aromatic heterocycles. The summed E-state index contributed by atoms with van der Waals surface area (Å²) in [5, 5.41) is 12.7. The lowest BCUT2D eigenvalue weighted by molar-refractivity contribution is -0.384. The highest BCUT2D eigenvalue weighted by atomic mass is 16.6. The highest BCUT2D eigenvalue weighted by Gasteiger charge is 2.51. The number of nitro benzene ring substituents is 1. The van der Waals surface area contributed by atoms with E-state index in [1.807, 2.05) is 19.9 Å². The Balaban J connectivity index is 1.38. The van der Waals surface area contributed by atoms with Gasteiger partial charge in [-0.15, -0.1) is 0 Å². The number of esters is 1. The van der Waals surface area contributed by atoms with E-state index in [2.05, 4.69) is 0 Å². The summed E-state index contributed by atoms with van der Waals surface area (Å²) in [4.78, 5) is 76.8. The molecule has 2 atom stereocenters. The van der Waals surface area contributed by atoms with Gasteiger partial charge in [0.2, 0.25) is 0 Å². The smallest absolute Gasteiger partial charge is 0.343 e. The van der Waals surface area contributed by atoms with Gasteiger partial charge >= 0.3 is 5.97 Å². The van der Waals surface area contributed by atoms with Crippen molar-refractivity contribution in [3.05, 3.63) is 117 Å². The molecule has 0 N–H and O–H groups in total. The van der Waals surface area contributed by atoms with Crippen LogP contribution in [-0.2, 0) is 9.59 Å². The number of carbonyl (C=O) groups excluding carboxylic acids is 5. The van der Waals surface area contributed by atoms with Gasteiger partial charge in [0, 0.05) is 23.3 Å². The van der Waals surface area contributed by atoms with Gasteiger partial charge in [0.15, 0.2) is 5.78 Å². The molecule has 1 aliphatic heterocycles. The molecular weight excluding hydrogens is 554 g/mol. The Hall–Kier alpha value is -5.45. The van der Waals surface area contributed by atoms with Crippen LogP contribution in [0.3, 0.4) is 0 Å². The average Bonchev–Trinajstić information content (AvgIpc) is 3.24. The number of ketones is 1. The molecule has 1 saturated heterocycles. The quantitative estimate of drug-likeness (QED) is 0.0708. The summed E-state index contributed by atoms with van der Waals surface area (Å²) < 4.78 is 5.39. The molecule has 5 rings (SSSR count). The number of rotatable bonds is 8. The Morgan fingerprint density at radius 1 is 0.860 bits per heavy atom. The number of hydrogen-bond donors (Lipinski definition) is 0. The molecule has 1 heterocycles. The summed E-state index contributed by atoms with van der Waals surface area (Å²) in [5.41, 5.74) is 2.16. The molecule has 43 heavy (non-hydrogen) atoms. The fourth-order valence-corrected chi connectivity index (χ4v) is 5.16. The van der Waals surface area contributed by atoms with Crippen molar-refractivity contribution >= 4 is 35.2 Å². The largest absolute Gasteiger partial charge is 0.423 e. The third-order valence-electron chi connectivity index (χ3n) is 7.57. The van der Waals surface area contributed by atoms with Crippen molar-refractivity contribution in [2.45, 2.75) is 26.7 Å². The number of aryl methyl sites for hydroxylation is 1. The van der Waals surface area contributed by atoms with E-state index in [4.69, 9.17) is 4.74 Å². The molecule has 0 saturated carbocycles. The molecule has 0 spiro atoms. The summed E-state index contributed by atoms with van der Waals surface area (Å²) >= 11 is 0. The van der Waals surface area contributed by atoms with Gasteiger partial charge in [-0.1, -0.05) is 29.3 Å². The number of non-ortho nitro benzene ring substituents is 1. The van der Waals surface area contributed by atoms with Crippen molar-refractivity contribution in [3.63, 3.8) is 0 Å². The number of imide groups is 1. The zero-order chi connectivity index (χ0) is 30.8. The summed E-state index contributed by atoms with van der Waals surface area (Å²) in [6.45, 7) is 3.11. The first-order valence-electron chi connectivity index (χ1n) is 13.5. The number of allylic oxidation sites excluding steroid dienone is 2. The van der Waals surface area contributed by atoms with E-state index in [9.17, 15) is 34.1 Å². The summed E-state index contributed by atoms with van der Waals surface area (Å²) in [6.07, 6.45) is 2.59. The van der Waals surface area contributed by atoms with Crippen LogP contribution < -0.4 is 4.74 Å². The van der Waals surface area contributed by atoms with Crippen LogP contribution in [-0.4, -0.2) is 51.0 Å². The molecule has 11 nitrogen and oxygen atoms in total. The monoisotopic (exact) mass is 581 g/mol. The van der Waals surface area contributed by atoms with Crippen LogP contribution in [0.1, 0.15) is 56.4 Å². The Labute approximate surface area is 246 Å². The Morgan fingerprint density at radius 2 is 1.44 bits per heavy atom. The van der Waals surface area contributed by atoms with E-state index >= 15 is 0 Å². The lowest BCUT2D eigenvalue weighted by Crippen LogP contribution is -2.52. The van der Waals surface area contributed by atoms with Gasteiger partial charge in [0.25, 0.3) is 23.4 Å². The van der Waals surface area contributed by atoms with Crippen molar-refractivity contribution in [1.29, 1.82) is 0 Å². The molecule has 11 heteroatoms. The van der Waals surface area contributed by atoms with Gasteiger partial charge in [0.1, 0.15) is 12.3 Å². The average molecular weight is 582 g/mol. The first-order chi connectivity index (χ1) is 20.5. The molecule has 0 unspecified atom stereocenters. The number of fused-ring (bicyclic) bond motifs is 1. The van der Waals surface area contributed by atoms with Crippen molar-refractivity contribution in [2.24, 2.45) is 11.8 Å². The van der Waals surface area contributed by atoms with E-state index in [0.29, 0.717) is 18.4 Å². The van der Waals surface area contributed by atoms with Crippen LogP contribution in [0.15, 0.2) is 84.4 Å². The van der Waals surface area contributed by atoms with Crippen molar-refractivity contribution in [2.75, 3.05) is 6.54 Å². The molecule has 3 aromatic carbocycles. The van der Waals surface area contributed by atoms with E-state index in [1.54, 1.807) is 24.3 Å². The standard InChI is InChI=1S/C32H27N3O8/c1-19-3-6-23(7-4-19)32(40)43-25-14-10-21(11-15-25)28(36)18-33(29(37)22-8-12-24(13-9-22)35(41)42)34-30(38)26-16-5-20(2)17-27(26)31(34)39/h3-15,26-27H,16-18H2,1-2H3/t26-,27-/m1/s1. The first kappa shape index (κ1) is 29.1. The number of Topliss-reactive ketones (excluding diaryl/α,β-unsaturated/α-hetero) is 1. The van der Waals surface area contributed by atoms with Crippen LogP contribution in [0.2, 0.25) is 0 Å². The van der Waals surface area contributed by atoms with Crippen molar-refractivity contribution in [3.8, 4) is 5.75 Å². The maximum absolute atomic E-state index is 13.7. The predicted octanol–water partition coefficient (Wildman–Crippen LogP) is 4.70. The number of amides is 3. The Kier molecular flexibility index (Phi) is 7.98. The zero-order valence-electron chi connectivity index (χ0n) is 23.4.